The second-order valence-corrected chi connectivity index (χ2v) is 4.38. The van der Waals surface area contributed by atoms with E-state index in [0.717, 1.165) is 0 Å². The maximum absolute atomic E-state index is 11.6. The van der Waals surface area contributed by atoms with Crippen molar-refractivity contribution in [1.82, 2.24) is 4.90 Å². The molecule has 1 unspecified atom stereocenters. The summed E-state index contributed by atoms with van der Waals surface area (Å²) in [6, 6.07) is 0. The molecular weight excluding hydrogens is 154 g/mol. The average molecular weight is 171 g/mol. The topological polar surface area (TPSA) is 29.5 Å². The second kappa shape index (κ2) is 3.05. The smallest absolute Gasteiger partial charge is 0.252 e. The highest BCUT2D eigenvalue weighted by Gasteiger charge is 2.36. The number of nitrogens with zero attached hydrogens (tertiary/aromatic N) is 1. The predicted octanol–water partition coefficient (Wildman–Crippen LogP) is 0.890. The van der Waals surface area contributed by atoms with Crippen molar-refractivity contribution in [3.63, 3.8) is 0 Å². The zero-order chi connectivity index (χ0) is 9.35. The van der Waals surface area contributed by atoms with Crippen molar-refractivity contribution >= 4 is 5.91 Å². The molecule has 0 aromatic heterocycles. The number of carbonyl (C=O) groups is 1. The van der Waals surface area contributed by atoms with Gasteiger partial charge < -0.3 is 9.64 Å². The molecule has 1 saturated heterocycles. The van der Waals surface area contributed by atoms with Crippen LogP contribution in [-0.4, -0.2) is 37.1 Å². The lowest BCUT2D eigenvalue weighted by Crippen LogP contribution is -2.50. The molecule has 70 valence electrons. The summed E-state index contributed by atoms with van der Waals surface area (Å²) in [5, 5.41) is 0. The highest BCUT2D eigenvalue weighted by Crippen LogP contribution is 2.25. The van der Waals surface area contributed by atoms with Crippen LogP contribution in [0, 0.1) is 5.41 Å². The highest BCUT2D eigenvalue weighted by atomic mass is 16.5. The van der Waals surface area contributed by atoms with Gasteiger partial charge in [-0.25, -0.2) is 0 Å². The fraction of sp³-hybridized carbons (Fsp3) is 0.889. The van der Waals surface area contributed by atoms with Crippen LogP contribution < -0.4 is 0 Å². The number of rotatable bonds is 0. The van der Waals surface area contributed by atoms with E-state index in [9.17, 15) is 4.79 Å². The van der Waals surface area contributed by atoms with Crippen molar-refractivity contribution in [3.05, 3.63) is 0 Å². The van der Waals surface area contributed by atoms with Crippen molar-refractivity contribution < 1.29 is 9.53 Å². The average Bonchev–Trinajstić information content (AvgIpc) is 1.92. The second-order valence-electron chi connectivity index (χ2n) is 4.38. The molecule has 1 rings (SSSR count). The number of hydrogen-bond donors (Lipinski definition) is 0. The van der Waals surface area contributed by atoms with Crippen molar-refractivity contribution in [3.8, 4) is 0 Å². The molecule has 12 heavy (non-hydrogen) atoms. The molecule has 0 bridgehead atoms. The number of likely N-dealkylation sites (N-methyl/N-ethyl adjacent to an activating group) is 1. The Balaban J connectivity index is 2.71. The van der Waals surface area contributed by atoms with Crippen LogP contribution in [0.1, 0.15) is 20.8 Å². The molecule has 0 spiro atoms. The van der Waals surface area contributed by atoms with Gasteiger partial charge in [0.1, 0.15) is 6.10 Å². The van der Waals surface area contributed by atoms with E-state index in [-0.39, 0.29) is 17.4 Å². The number of carbonyl (C=O) groups excluding carboxylic acids is 1. The van der Waals surface area contributed by atoms with E-state index < -0.39 is 0 Å². The third kappa shape index (κ3) is 1.78. The molecule has 1 atom stereocenters. The summed E-state index contributed by atoms with van der Waals surface area (Å²) in [7, 11) is 1.82. The van der Waals surface area contributed by atoms with Crippen LogP contribution in [0.15, 0.2) is 0 Å². The molecule has 1 aliphatic heterocycles. The minimum absolute atomic E-state index is 0.0915. The van der Waals surface area contributed by atoms with E-state index in [2.05, 4.69) is 0 Å². The Morgan fingerprint density at radius 1 is 1.50 bits per heavy atom. The zero-order valence-electron chi connectivity index (χ0n) is 8.26. The highest BCUT2D eigenvalue weighted by molar-refractivity contribution is 5.82. The maximum atomic E-state index is 11.6. The molecule has 0 N–H and O–H groups in total. The molecule has 0 radical (unpaired) electrons. The molecule has 0 aromatic rings. The molecule has 1 amide bonds. The quantitative estimate of drug-likeness (QED) is 0.541. The SMILES string of the molecule is CN1CCOC(C(C)(C)C)C1=O. The summed E-state index contributed by atoms with van der Waals surface area (Å²) < 4.78 is 5.43. The molecule has 0 aliphatic carbocycles. The van der Waals surface area contributed by atoms with Crippen LogP contribution in [0.4, 0.5) is 0 Å². The summed E-state index contributed by atoms with van der Waals surface area (Å²) in [5.41, 5.74) is -0.0915. The van der Waals surface area contributed by atoms with Gasteiger partial charge in [-0.05, 0) is 5.41 Å². The molecule has 3 nitrogen and oxygen atoms in total. The minimum Gasteiger partial charge on any atom is -0.366 e. The van der Waals surface area contributed by atoms with Gasteiger partial charge in [-0.15, -0.1) is 0 Å². The monoisotopic (exact) mass is 171 g/mol. The van der Waals surface area contributed by atoms with E-state index in [1.807, 2.05) is 27.8 Å². The normalized spacial score (nSPS) is 26.2. The summed E-state index contributed by atoms with van der Waals surface area (Å²) in [5.74, 6) is 0.105. The van der Waals surface area contributed by atoms with E-state index in [4.69, 9.17) is 4.74 Å². The molecule has 1 heterocycles. The third-order valence-corrected chi connectivity index (χ3v) is 2.10. The Labute approximate surface area is 73.7 Å². The summed E-state index contributed by atoms with van der Waals surface area (Å²) in [6.45, 7) is 7.44. The fourth-order valence-electron chi connectivity index (χ4n) is 1.31. The molecule has 0 saturated carbocycles. The predicted molar refractivity (Wildman–Crippen MR) is 46.8 cm³/mol. The first kappa shape index (κ1) is 9.52. The van der Waals surface area contributed by atoms with Crippen LogP contribution in [0.2, 0.25) is 0 Å². The van der Waals surface area contributed by atoms with Gasteiger partial charge >= 0.3 is 0 Å². The Morgan fingerprint density at radius 3 is 2.50 bits per heavy atom. The van der Waals surface area contributed by atoms with Gasteiger partial charge in [-0.2, -0.15) is 0 Å². The minimum atomic E-state index is -0.267. The van der Waals surface area contributed by atoms with Crippen LogP contribution in [-0.2, 0) is 9.53 Å². The molecule has 0 aromatic carbocycles. The van der Waals surface area contributed by atoms with Crippen molar-refractivity contribution in [1.29, 1.82) is 0 Å². The number of amides is 1. The van der Waals surface area contributed by atoms with Crippen LogP contribution in [0.5, 0.6) is 0 Å². The van der Waals surface area contributed by atoms with Gasteiger partial charge in [0.25, 0.3) is 5.91 Å². The maximum Gasteiger partial charge on any atom is 0.252 e. The Bertz CT molecular complexity index is 183. The van der Waals surface area contributed by atoms with Gasteiger partial charge in [0.05, 0.1) is 6.61 Å². The first-order valence-electron chi connectivity index (χ1n) is 4.29. The van der Waals surface area contributed by atoms with E-state index in [1.165, 1.54) is 0 Å². The largest absolute Gasteiger partial charge is 0.366 e. The van der Waals surface area contributed by atoms with Crippen LogP contribution in [0.25, 0.3) is 0 Å². The lowest BCUT2D eigenvalue weighted by atomic mass is 9.87. The summed E-state index contributed by atoms with van der Waals surface area (Å²) in [4.78, 5) is 13.3. The van der Waals surface area contributed by atoms with Crippen molar-refractivity contribution in [2.45, 2.75) is 26.9 Å². The van der Waals surface area contributed by atoms with Gasteiger partial charge in [-0.3, -0.25) is 4.79 Å². The Morgan fingerprint density at radius 2 is 2.08 bits per heavy atom. The van der Waals surface area contributed by atoms with E-state index in [1.54, 1.807) is 4.90 Å². The fourth-order valence-corrected chi connectivity index (χ4v) is 1.31. The number of hydrogen-bond acceptors (Lipinski definition) is 2. The van der Waals surface area contributed by atoms with Crippen molar-refractivity contribution in [2.24, 2.45) is 5.41 Å². The van der Waals surface area contributed by atoms with Gasteiger partial charge in [0.15, 0.2) is 0 Å². The Kier molecular flexibility index (Phi) is 2.42. The zero-order valence-corrected chi connectivity index (χ0v) is 8.26. The van der Waals surface area contributed by atoms with Crippen molar-refractivity contribution in [2.75, 3.05) is 20.2 Å². The van der Waals surface area contributed by atoms with Gasteiger partial charge in [0.2, 0.25) is 0 Å². The third-order valence-electron chi connectivity index (χ3n) is 2.10. The lowest BCUT2D eigenvalue weighted by Gasteiger charge is -2.36. The van der Waals surface area contributed by atoms with Crippen LogP contribution >= 0.6 is 0 Å². The molecule has 1 fully saturated rings. The first-order valence-corrected chi connectivity index (χ1v) is 4.29. The van der Waals surface area contributed by atoms with Gasteiger partial charge in [0, 0.05) is 13.6 Å². The number of morpholine rings is 1. The Hall–Kier alpha value is -0.570. The van der Waals surface area contributed by atoms with E-state index >= 15 is 0 Å². The number of ether oxygens (including phenoxy) is 1. The van der Waals surface area contributed by atoms with Crippen LogP contribution in [0.3, 0.4) is 0 Å². The van der Waals surface area contributed by atoms with Gasteiger partial charge in [-0.1, -0.05) is 20.8 Å². The summed E-state index contributed by atoms with van der Waals surface area (Å²) >= 11 is 0. The van der Waals surface area contributed by atoms with E-state index in [0.29, 0.717) is 13.2 Å². The molecular formula is C9H17NO2. The first-order chi connectivity index (χ1) is 5.43. The lowest BCUT2D eigenvalue weighted by molar-refractivity contribution is -0.160. The standard InChI is InChI=1S/C9H17NO2/c1-9(2,3)7-8(11)10(4)5-6-12-7/h7H,5-6H2,1-4H3. The summed E-state index contributed by atoms with van der Waals surface area (Å²) in [6.07, 6.45) is -0.267. The molecule has 3 heteroatoms. The molecule has 1 aliphatic rings.